The molecule has 0 unspecified atom stereocenters. The SMILES string of the molecule is CCCCCC[Si](OC)(OC)OC.CCO. The van der Waals surface area contributed by atoms with E-state index in [2.05, 4.69) is 6.92 Å². The van der Waals surface area contributed by atoms with E-state index in [1.165, 1.54) is 19.3 Å². The van der Waals surface area contributed by atoms with E-state index < -0.39 is 8.80 Å². The summed E-state index contributed by atoms with van der Waals surface area (Å²) in [5.41, 5.74) is 0. The van der Waals surface area contributed by atoms with Crippen molar-refractivity contribution in [3.63, 3.8) is 0 Å². The topological polar surface area (TPSA) is 47.9 Å². The molecule has 0 atom stereocenters. The normalized spacial score (nSPS) is 10.9. The van der Waals surface area contributed by atoms with E-state index in [0.717, 1.165) is 12.5 Å². The van der Waals surface area contributed by atoms with Gasteiger partial charge in [-0.1, -0.05) is 26.2 Å². The Morgan fingerprint density at radius 1 is 0.875 bits per heavy atom. The molecule has 0 aromatic heterocycles. The Hall–Kier alpha value is 0.0569. The minimum atomic E-state index is -2.27. The van der Waals surface area contributed by atoms with Gasteiger partial charge in [0.25, 0.3) is 0 Å². The van der Waals surface area contributed by atoms with Crippen molar-refractivity contribution in [3.05, 3.63) is 0 Å². The van der Waals surface area contributed by atoms with Crippen molar-refractivity contribution in [3.8, 4) is 0 Å². The smallest absolute Gasteiger partial charge is 0.397 e. The summed E-state index contributed by atoms with van der Waals surface area (Å²) >= 11 is 0. The predicted molar refractivity (Wildman–Crippen MR) is 68.5 cm³/mol. The molecule has 0 radical (unpaired) electrons. The Morgan fingerprint density at radius 3 is 1.62 bits per heavy atom. The maximum atomic E-state index is 7.57. The summed E-state index contributed by atoms with van der Waals surface area (Å²) in [7, 11) is 2.73. The zero-order chi connectivity index (χ0) is 12.9. The number of hydrogen-bond acceptors (Lipinski definition) is 4. The maximum absolute atomic E-state index is 7.57. The highest BCUT2D eigenvalue weighted by Gasteiger charge is 2.36. The van der Waals surface area contributed by atoms with Crippen LogP contribution in [0.1, 0.15) is 39.5 Å². The summed E-state index contributed by atoms with van der Waals surface area (Å²) in [5, 5.41) is 7.57. The lowest BCUT2D eigenvalue weighted by Crippen LogP contribution is -2.42. The average Bonchev–Trinajstić information content (AvgIpc) is 2.32. The van der Waals surface area contributed by atoms with Crippen LogP contribution in [0.2, 0.25) is 6.04 Å². The molecule has 100 valence electrons. The first-order valence-corrected chi connectivity index (χ1v) is 7.85. The number of hydrogen-bond donors (Lipinski definition) is 1. The van der Waals surface area contributed by atoms with Crippen LogP contribution in [0.3, 0.4) is 0 Å². The molecule has 0 aromatic rings. The highest BCUT2D eigenvalue weighted by molar-refractivity contribution is 6.60. The van der Waals surface area contributed by atoms with Gasteiger partial charge in [-0.2, -0.15) is 0 Å². The Morgan fingerprint density at radius 2 is 1.31 bits per heavy atom. The summed E-state index contributed by atoms with van der Waals surface area (Å²) in [6.07, 6.45) is 4.90. The zero-order valence-electron chi connectivity index (χ0n) is 11.4. The summed E-state index contributed by atoms with van der Waals surface area (Å²) in [4.78, 5) is 0. The van der Waals surface area contributed by atoms with Crippen LogP contribution in [-0.2, 0) is 13.3 Å². The number of aliphatic hydroxyl groups excluding tert-OH is 1. The van der Waals surface area contributed by atoms with Gasteiger partial charge in [-0.05, 0) is 13.3 Å². The second-order valence-electron chi connectivity index (χ2n) is 3.42. The summed E-state index contributed by atoms with van der Waals surface area (Å²) in [5.74, 6) is 0. The van der Waals surface area contributed by atoms with Crippen molar-refractivity contribution < 1.29 is 18.4 Å². The molecule has 0 rings (SSSR count). The molecule has 16 heavy (non-hydrogen) atoms. The molecule has 0 aliphatic heterocycles. The molecule has 5 heteroatoms. The summed E-state index contributed by atoms with van der Waals surface area (Å²) < 4.78 is 15.9. The molecular formula is C11H28O4Si. The number of unbranched alkanes of at least 4 members (excludes halogenated alkanes) is 3. The highest BCUT2D eigenvalue weighted by Crippen LogP contribution is 2.17. The van der Waals surface area contributed by atoms with Gasteiger partial charge >= 0.3 is 8.80 Å². The van der Waals surface area contributed by atoms with Gasteiger partial charge in [-0.25, -0.2) is 0 Å². The van der Waals surface area contributed by atoms with Crippen LogP contribution in [-0.4, -0.2) is 41.8 Å². The van der Waals surface area contributed by atoms with Crippen molar-refractivity contribution in [1.29, 1.82) is 0 Å². The number of rotatable bonds is 8. The Balaban J connectivity index is 0. The largest absolute Gasteiger partial charge is 0.500 e. The third kappa shape index (κ3) is 9.29. The first-order valence-electron chi connectivity index (χ1n) is 5.92. The third-order valence-electron chi connectivity index (χ3n) is 2.27. The lowest BCUT2D eigenvalue weighted by atomic mass is 10.2. The van der Waals surface area contributed by atoms with Crippen molar-refractivity contribution in [2.45, 2.75) is 45.6 Å². The van der Waals surface area contributed by atoms with Gasteiger partial charge in [-0.3, -0.25) is 0 Å². The Bertz CT molecular complexity index is 121. The van der Waals surface area contributed by atoms with E-state index in [0.29, 0.717) is 0 Å². The minimum Gasteiger partial charge on any atom is -0.397 e. The van der Waals surface area contributed by atoms with Crippen LogP contribution in [0.25, 0.3) is 0 Å². The van der Waals surface area contributed by atoms with Gasteiger partial charge in [0.05, 0.1) is 0 Å². The van der Waals surface area contributed by atoms with Crippen molar-refractivity contribution in [1.82, 2.24) is 0 Å². The third-order valence-corrected chi connectivity index (χ3v) is 5.10. The fourth-order valence-corrected chi connectivity index (χ4v) is 3.12. The molecule has 1 N–H and O–H groups in total. The van der Waals surface area contributed by atoms with E-state index in [9.17, 15) is 0 Å². The van der Waals surface area contributed by atoms with E-state index in [1.807, 2.05) is 0 Å². The molecule has 0 aliphatic rings. The maximum Gasteiger partial charge on any atom is 0.500 e. The van der Waals surface area contributed by atoms with Crippen LogP contribution >= 0.6 is 0 Å². The Kier molecular flexibility index (Phi) is 15.1. The first-order chi connectivity index (χ1) is 7.66. The van der Waals surface area contributed by atoms with Crippen molar-refractivity contribution in [2.75, 3.05) is 27.9 Å². The highest BCUT2D eigenvalue weighted by atomic mass is 28.4. The van der Waals surface area contributed by atoms with Crippen molar-refractivity contribution in [2.24, 2.45) is 0 Å². The van der Waals surface area contributed by atoms with Crippen LogP contribution in [0.4, 0.5) is 0 Å². The molecule has 0 bridgehead atoms. The van der Waals surface area contributed by atoms with Crippen LogP contribution in [0.5, 0.6) is 0 Å². The molecule has 0 saturated heterocycles. The lowest BCUT2D eigenvalue weighted by Gasteiger charge is -2.24. The standard InChI is InChI=1S/C9H22O3Si.C2H6O/c1-5-6-7-8-9-13(10-2,11-3)12-4;1-2-3/h5-9H2,1-4H3;3H,2H2,1H3. The van der Waals surface area contributed by atoms with Gasteiger partial charge in [0.1, 0.15) is 0 Å². The fraction of sp³-hybridized carbons (Fsp3) is 1.00. The predicted octanol–water partition coefficient (Wildman–Crippen LogP) is 2.44. The van der Waals surface area contributed by atoms with Gasteiger partial charge < -0.3 is 18.4 Å². The number of aliphatic hydroxyl groups is 1. The fourth-order valence-electron chi connectivity index (χ4n) is 1.32. The van der Waals surface area contributed by atoms with E-state index in [-0.39, 0.29) is 6.61 Å². The Labute approximate surface area is 101 Å². The molecule has 0 heterocycles. The monoisotopic (exact) mass is 252 g/mol. The second kappa shape index (κ2) is 13.1. The van der Waals surface area contributed by atoms with E-state index >= 15 is 0 Å². The molecular weight excluding hydrogens is 224 g/mol. The van der Waals surface area contributed by atoms with Crippen LogP contribution in [0, 0.1) is 0 Å². The second-order valence-corrected chi connectivity index (χ2v) is 6.51. The van der Waals surface area contributed by atoms with Gasteiger partial charge in [0, 0.05) is 34.0 Å². The quantitative estimate of drug-likeness (QED) is 0.532. The van der Waals surface area contributed by atoms with Crippen LogP contribution in [0.15, 0.2) is 0 Å². The molecule has 0 amide bonds. The van der Waals surface area contributed by atoms with Gasteiger partial charge in [0.2, 0.25) is 0 Å². The lowest BCUT2D eigenvalue weighted by molar-refractivity contribution is 0.122. The molecule has 0 aromatic carbocycles. The molecule has 0 aliphatic carbocycles. The molecule has 0 saturated carbocycles. The molecule has 4 nitrogen and oxygen atoms in total. The average molecular weight is 252 g/mol. The first kappa shape index (κ1) is 18.4. The van der Waals surface area contributed by atoms with Gasteiger partial charge in [0.15, 0.2) is 0 Å². The summed E-state index contributed by atoms with van der Waals surface area (Å²) in [6.45, 7) is 4.13. The molecule has 0 spiro atoms. The minimum absolute atomic E-state index is 0.250. The summed E-state index contributed by atoms with van der Waals surface area (Å²) in [6, 6.07) is 0.927. The van der Waals surface area contributed by atoms with Crippen molar-refractivity contribution >= 4 is 8.80 Å². The van der Waals surface area contributed by atoms with Gasteiger partial charge in [-0.15, -0.1) is 0 Å². The van der Waals surface area contributed by atoms with E-state index in [1.54, 1.807) is 28.3 Å². The van der Waals surface area contributed by atoms with E-state index in [4.69, 9.17) is 18.4 Å². The molecule has 0 fully saturated rings. The van der Waals surface area contributed by atoms with Crippen LogP contribution < -0.4 is 0 Å². The zero-order valence-corrected chi connectivity index (χ0v) is 12.4.